The zero-order valence-electron chi connectivity index (χ0n) is 15.6. The predicted octanol–water partition coefficient (Wildman–Crippen LogP) is 4.95. The number of carbonyl (C=O) groups excluding carboxylic acids is 1. The Morgan fingerprint density at radius 1 is 1.10 bits per heavy atom. The van der Waals surface area contributed by atoms with E-state index in [1.165, 1.54) is 12.1 Å². The summed E-state index contributed by atoms with van der Waals surface area (Å²) in [7, 11) is 0. The van der Waals surface area contributed by atoms with Gasteiger partial charge in [-0.2, -0.15) is 0 Å². The predicted molar refractivity (Wildman–Crippen MR) is 109 cm³/mol. The standard InChI is InChI=1S/C22H19ClFN3O2/c23-19-4-2-1-3-15(19)7-10-20(28)27-13-11-17(12-14-27)22-26-25-21(29-22)16-5-8-18(24)9-6-16/h1-10,17H,11-14H2/b10-7+. The van der Waals surface area contributed by atoms with Crippen molar-refractivity contribution in [2.75, 3.05) is 13.1 Å². The summed E-state index contributed by atoms with van der Waals surface area (Å²) in [6, 6.07) is 13.3. The summed E-state index contributed by atoms with van der Waals surface area (Å²) in [5, 5.41) is 8.84. The smallest absolute Gasteiger partial charge is 0.247 e. The van der Waals surface area contributed by atoms with Gasteiger partial charge in [-0.05, 0) is 54.8 Å². The van der Waals surface area contributed by atoms with Crippen LogP contribution >= 0.6 is 11.6 Å². The third kappa shape index (κ3) is 4.54. The Labute approximate surface area is 172 Å². The quantitative estimate of drug-likeness (QED) is 0.570. The van der Waals surface area contributed by atoms with Gasteiger partial charge in [0.25, 0.3) is 0 Å². The molecule has 0 radical (unpaired) electrons. The molecule has 1 aliphatic heterocycles. The molecule has 29 heavy (non-hydrogen) atoms. The van der Waals surface area contributed by atoms with Crippen molar-refractivity contribution in [3.8, 4) is 11.5 Å². The minimum Gasteiger partial charge on any atom is -0.420 e. The molecule has 0 saturated carbocycles. The van der Waals surface area contributed by atoms with Crippen LogP contribution in [0, 0.1) is 5.82 Å². The fourth-order valence-electron chi connectivity index (χ4n) is 3.33. The lowest BCUT2D eigenvalue weighted by Gasteiger charge is -2.29. The molecule has 0 N–H and O–H groups in total. The van der Waals surface area contributed by atoms with Crippen LogP contribution in [0.3, 0.4) is 0 Å². The second-order valence-electron chi connectivity index (χ2n) is 6.91. The van der Waals surface area contributed by atoms with Crippen molar-refractivity contribution in [1.82, 2.24) is 15.1 Å². The maximum atomic E-state index is 13.1. The number of nitrogens with zero attached hydrogens (tertiary/aromatic N) is 3. The molecule has 0 unspecified atom stereocenters. The van der Waals surface area contributed by atoms with Crippen LogP contribution in [0.5, 0.6) is 0 Å². The zero-order valence-corrected chi connectivity index (χ0v) is 16.3. The summed E-state index contributed by atoms with van der Waals surface area (Å²) in [6.45, 7) is 1.23. The van der Waals surface area contributed by atoms with E-state index in [1.54, 1.807) is 35.3 Å². The maximum absolute atomic E-state index is 13.1. The van der Waals surface area contributed by atoms with E-state index in [0.717, 1.165) is 18.4 Å². The van der Waals surface area contributed by atoms with Crippen molar-refractivity contribution in [2.45, 2.75) is 18.8 Å². The van der Waals surface area contributed by atoms with Crippen LogP contribution in [0.2, 0.25) is 5.02 Å². The van der Waals surface area contributed by atoms with Crippen molar-refractivity contribution in [1.29, 1.82) is 0 Å². The van der Waals surface area contributed by atoms with Gasteiger partial charge in [-0.15, -0.1) is 10.2 Å². The van der Waals surface area contributed by atoms with Crippen LogP contribution in [0.25, 0.3) is 17.5 Å². The summed E-state index contributed by atoms with van der Waals surface area (Å²) in [5.74, 6) is 0.688. The number of aromatic nitrogens is 2. The minimum atomic E-state index is -0.311. The van der Waals surface area contributed by atoms with E-state index >= 15 is 0 Å². The summed E-state index contributed by atoms with van der Waals surface area (Å²) in [5.41, 5.74) is 1.50. The number of halogens is 2. The van der Waals surface area contributed by atoms with Crippen molar-refractivity contribution in [3.63, 3.8) is 0 Å². The third-order valence-corrected chi connectivity index (χ3v) is 5.34. The van der Waals surface area contributed by atoms with Crippen molar-refractivity contribution in [2.24, 2.45) is 0 Å². The molecule has 0 atom stereocenters. The first-order valence-corrected chi connectivity index (χ1v) is 9.79. The molecular weight excluding hydrogens is 393 g/mol. The Kier molecular flexibility index (Phi) is 5.71. The maximum Gasteiger partial charge on any atom is 0.247 e. The Morgan fingerprint density at radius 3 is 2.55 bits per heavy atom. The summed E-state index contributed by atoms with van der Waals surface area (Å²) < 4.78 is 18.8. The van der Waals surface area contributed by atoms with E-state index in [9.17, 15) is 9.18 Å². The van der Waals surface area contributed by atoms with Gasteiger partial charge in [-0.3, -0.25) is 4.79 Å². The zero-order chi connectivity index (χ0) is 20.2. The largest absolute Gasteiger partial charge is 0.420 e. The molecular formula is C22H19ClFN3O2. The highest BCUT2D eigenvalue weighted by Crippen LogP contribution is 2.29. The highest BCUT2D eigenvalue weighted by atomic mass is 35.5. The number of benzene rings is 2. The first-order chi connectivity index (χ1) is 14.1. The Balaban J connectivity index is 1.35. The summed E-state index contributed by atoms with van der Waals surface area (Å²) in [4.78, 5) is 14.3. The van der Waals surface area contributed by atoms with Gasteiger partial charge in [-0.1, -0.05) is 29.8 Å². The molecule has 5 nitrogen and oxygen atoms in total. The molecule has 1 saturated heterocycles. The number of hydrogen-bond acceptors (Lipinski definition) is 4. The molecule has 7 heteroatoms. The minimum absolute atomic E-state index is 0.0408. The van der Waals surface area contributed by atoms with Crippen molar-refractivity contribution in [3.05, 3.63) is 76.9 Å². The molecule has 4 rings (SSSR count). The summed E-state index contributed by atoms with van der Waals surface area (Å²) in [6.07, 6.45) is 4.79. The molecule has 1 amide bonds. The second kappa shape index (κ2) is 8.57. The lowest BCUT2D eigenvalue weighted by atomic mass is 9.97. The van der Waals surface area contributed by atoms with Crippen LogP contribution in [-0.4, -0.2) is 34.1 Å². The van der Waals surface area contributed by atoms with Gasteiger partial charge in [0, 0.05) is 35.7 Å². The van der Waals surface area contributed by atoms with Gasteiger partial charge >= 0.3 is 0 Å². The lowest BCUT2D eigenvalue weighted by Crippen LogP contribution is -2.36. The molecule has 2 heterocycles. The molecule has 1 aromatic heterocycles. The average Bonchev–Trinajstić information content (AvgIpc) is 3.24. The molecule has 1 fully saturated rings. The van der Waals surface area contributed by atoms with E-state index in [4.69, 9.17) is 16.0 Å². The van der Waals surface area contributed by atoms with E-state index in [2.05, 4.69) is 10.2 Å². The Hall–Kier alpha value is -2.99. The highest BCUT2D eigenvalue weighted by molar-refractivity contribution is 6.32. The average molecular weight is 412 g/mol. The Morgan fingerprint density at radius 2 is 1.83 bits per heavy atom. The fourth-order valence-corrected chi connectivity index (χ4v) is 3.53. The van der Waals surface area contributed by atoms with E-state index in [-0.39, 0.29) is 17.6 Å². The lowest BCUT2D eigenvalue weighted by molar-refractivity contribution is -0.127. The molecule has 1 aliphatic rings. The van der Waals surface area contributed by atoms with Gasteiger partial charge in [0.1, 0.15) is 5.82 Å². The molecule has 2 aromatic carbocycles. The van der Waals surface area contributed by atoms with E-state index in [0.29, 0.717) is 35.5 Å². The Bertz CT molecular complexity index is 1020. The number of amides is 1. The first kappa shape index (κ1) is 19.3. The van der Waals surface area contributed by atoms with E-state index < -0.39 is 0 Å². The number of carbonyl (C=O) groups is 1. The second-order valence-corrected chi connectivity index (χ2v) is 7.31. The van der Waals surface area contributed by atoms with E-state index in [1.807, 2.05) is 18.2 Å². The van der Waals surface area contributed by atoms with Crippen LogP contribution in [0.1, 0.15) is 30.2 Å². The van der Waals surface area contributed by atoms with Crippen molar-refractivity contribution < 1.29 is 13.6 Å². The van der Waals surface area contributed by atoms with Crippen LogP contribution in [0.15, 0.2) is 59.0 Å². The highest BCUT2D eigenvalue weighted by Gasteiger charge is 2.26. The number of likely N-dealkylation sites (tertiary alicyclic amines) is 1. The van der Waals surface area contributed by atoms with Gasteiger partial charge in [0.2, 0.25) is 17.7 Å². The SMILES string of the molecule is O=C(/C=C/c1ccccc1Cl)N1CCC(c2nnc(-c3ccc(F)cc3)o2)CC1. The van der Waals surface area contributed by atoms with Crippen molar-refractivity contribution >= 4 is 23.6 Å². The topological polar surface area (TPSA) is 59.2 Å². The first-order valence-electron chi connectivity index (χ1n) is 9.41. The number of rotatable bonds is 4. The third-order valence-electron chi connectivity index (χ3n) is 5.00. The number of piperidine rings is 1. The monoisotopic (exact) mass is 411 g/mol. The van der Waals surface area contributed by atoms with Crippen LogP contribution < -0.4 is 0 Å². The molecule has 0 spiro atoms. The van der Waals surface area contributed by atoms with Crippen LogP contribution in [0.4, 0.5) is 4.39 Å². The summed E-state index contributed by atoms with van der Waals surface area (Å²) >= 11 is 6.12. The normalized spacial score (nSPS) is 15.2. The van der Waals surface area contributed by atoms with Gasteiger partial charge in [-0.25, -0.2) is 4.39 Å². The number of hydrogen-bond donors (Lipinski definition) is 0. The fraction of sp³-hybridized carbons (Fsp3) is 0.227. The molecule has 0 bridgehead atoms. The molecule has 3 aromatic rings. The van der Waals surface area contributed by atoms with Gasteiger partial charge < -0.3 is 9.32 Å². The van der Waals surface area contributed by atoms with Crippen LogP contribution in [-0.2, 0) is 4.79 Å². The molecule has 148 valence electrons. The van der Waals surface area contributed by atoms with Gasteiger partial charge in [0.05, 0.1) is 0 Å². The van der Waals surface area contributed by atoms with Gasteiger partial charge in [0.15, 0.2) is 0 Å². The molecule has 0 aliphatic carbocycles.